The summed E-state index contributed by atoms with van der Waals surface area (Å²) in [6.45, 7) is 0.315. The van der Waals surface area contributed by atoms with Crippen molar-refractivity contribution in [2.75, 3.05) is 4.90 Å². The number of rotatable bonds is 5. The Balaban J connectivity index is 1.66. The molecule has 0 saturated heterocycles. The molecule has 2 amide bonds. The summed E-state index contributed by atoms with van der Waals surface area (Å²) in [5.41, 5.74) is 3.89. The highest BCUT2D eigenvalue weighted by Crippen LogP contribution is 2.38. The predicted molar refractivity (Wildman–Crippen MR) is 132 cm³/mol. The second-order valence-electron chi connectivity index (χ2n) is 8.78. The summed E-state index contributed by atoms with van der Waals surface area (Å²) >= 11 is 0. The summed E-state index contributed by atoms with van der Waals surface area (Å²) < 4.78 is 0. The number of non-ortho nitro benzene ring substituents is 1. The molecule has 1 aliphatic heterocycles. The van der Waals surface area contributed by atoms with Gasteiger partial charge in [0.2, 0.25) is 0 Å². The molecule has 0 N–H and O–H groups in total. The minimum atomic E-state index is -0.441. The monoisotopic (exact) mass is 454 g/mol. The number of hydrogen-bond acceptors (Lipinski definition) is 4. The van der Waals surface area contributed by atoms with Crippen LogP contribution in [0.25, 0.3) is 0 Å². The number of anilines is 2. The first-order valence-corrected chi connectivity index (χ1v) is 11.7. The molecule has 1 saturated carbocycles. The van der Waals surface area contributed by atoms with E-state index in [0.29, 0.717) is 17.9 Å². The van der Waals surface area contributed by atoms with Crippen molar-refractivity contribution >= 4 is 28.8 Å². The van der Waals surface area contributed by atoms with Crippen LogP contribution in [0.5, 0.6) is 0 Å². The average molecular weight is 455 g/mol. The Labute approximate surface area is 198 Å². The Morgan fingerprint density at radius 3 is 2.41 bits per heavy atom. The summed E-state index contributed by atoms with van der Waals surface area (Å²) in [7, 11) is 0. The number of nitro groups is 1. The zero-order chi connectivity index (χ0) is 23.5. The minimum absolute atomic E-state index is 0.0601. The third-order valence-corrected chi connectivity index (χ3v) is 6.53. The van der Waals surface area contributed by atoms with Gasteiger partial charge in [0.1, 0.15) is 0 Å². The lowest BCUT2D eigenvalue weighted by atomic mass is 9.83. The highest BCUT2D eigenvalue weighted by atomic mass is 16.6. The van der Waals surface area contributed by atoms with Crippen LogP contribution in [0.2, 0.25) is 0 Å². The molecule has 0 atom stereocenters. The number of urea groups is 1. The molecular formula is C27H26N4O3. The van der Waals surface area contributed by atoms with Crippen molar-refractivity contribution < 1.29 is 9.72 Å². The average Bonchev–Trinajstić information content (AvgIpc) is 3.00. The summed E-state index contributed by atoms with van der Waals surface area (Å²) in [6.07, 6.45) is 5.59. The molecule has 0 bridgehead atoms. The number of hydrazone groups is 1. The number of fused-ring (bicyclic) bond motifs is 1. The van der Waals surface area contributed by atoms with Gasteiger partial charge in [0.15, 0.2) is 0 Å². The Morgan fingerprint density at radius 2 is 1.65 bits per heavy atom. The van der Waals surface area contributed by atoms with E-state index in [2.05, 4.69) is 0 Å². The molecule has 1 aliphatic carbocycles. The zero-order valence-electron chi connectivity index (χ0n) is 18.8. The Hall–Kier alpha value is -4.00. The van der Waals surface area contributed by atoms with Gasteiger partial charge < -0.3 is 0 Å². The molecule has 7 nitrogen and oxygen atoms in total. The topological polar surface area (TPSA) is 79.0 Å². The molecule has 0 unspecified atom stereocenters. The van der Waals surface area contributed by atoms with E-state index in [-0.39, 0.29) is 17.6 Å². The maximum atomic E-state index is 14.0. The highest BCUT2D eigenvalue weighted by molar-refractivity contribution is 6.13. The SMILES string of the molecule is O=C1N(Cc2ccccc2)N=C(C2CCCCC2)c2ccccc2N1c1cccc([N+](=O)[O-])c1. The zero-order valence-corrected chi connectivity index (χ0v) is 18.8. The van der Waals surface area contributed by atoms with Crippen LogP contribution in [-0.4, -0.2) is 21.7 Å². The van der Waals surface area contributed by atoms with Crippen molar-refractivity contribution in [3.05, 3.63) is 100 Å². The van der Waals surface area contributed by atoms with Crippen LogP contribution >= 0.6 is 0 Å². The normalized spacial score (nSPS) is 16.6. The van der Waals surface area contributed by atoms with Crippen molar-refractivity contribution in [1.29, 1.82) is 0 Å². The molecule has 1 heterocycles. The van der Waals surface area contributed by atoms with E-state index >= 15 is 0 Å². The molecule has 0 aromatic heterocycles. The van der Waals surface area contributed by atoms with Crippen LogP contribution in [-0.2, 0) is 6.54 Å². The number of amides is 2. The summed E-state index contributed by atoms with van der Waals surface area (Å²) in [6, 6.07) is 23.4. The van der Waals surface area contributed by atoms with Crippen LogP contribution in [0.3, 0.4) is 0 Å². The molecule has 172 valence electrons. The second-order valence-corrected chi connectivity index (χ2v) is 8.78. The number of benzene rings is 3. The highest BCUT2D eigenvalue weighted by Gasteiger charge is 2.34. The van der Waals surface area contributed by atoms with Crippen LogP contribution in [0.1, 0.15) is 43.2 Å². The van der Waals surface area contributed by atoms with Crippen molar-refractivity contribution in [3.63, 3.8) is 0 Å². The van der Waals surface area contributed by atoms with Crippen molar-refractivity contribution in [2.24, 2.45) is 11.0 Å². The van der Waals surface area contributed by atoms with Gasteiger partial charge in [-0.25, -0.2) is 9.80 Å². The van der Waals surface area contributed by atoms with Crippen molar-refractivity contribution in [1.82, 2.24) is 5.01 Å². The lowest BCUT2D eigenvalue weighted by Gasteiger charge is -2.26. The summed E-state index contributed by atoms with van der Waals surface area (Å²) in [4.78, 5) is 26.6. The van der Waals surface area contributed by atoms with Crippen LogP contribution in [0.4, 0.5) is 21.9 Å². The van der Waals surface area contributed by atoms with E-state index in [4.69, 9.17) is 5.10 Å². The van der Waals surface area contributed by atoms with Gasteiger partial charge in [-0.15, -0.1) is 0 Å². The Kier molecular flexibility index (Phi) is 6.08. The van der Waals surface area contributed by atoms with Gasteiger partial charge in [-0.3, -0.25) is 15.0 Å². The van der Waals surface area contributed by atoms with Crippen molar-refractivity contribution in [3.8, 4) is 0 Å². The van der Waals surface area contributed by atoms with Gasteiger partial charge in [0, 0.05) is 23.6 Å². The second kappa shape index (κ2) is 9.47. The number of hydrogen-bond donors (Lipinski definition) is 0. The lowest BCUT2D eigenvalue weighted by Crippen LogP contribution is -2.36. The maximum absolute atomic E-state index is 14.0. The Bertz CT molecular complexity index is 1240. The molecule has 34 heavy (non-hydrogen) atoms. The quantitative estimate of drug-likeness (QED) is 0.320. The number of para-hydroxylation sites is 1. The molecule has 0 radical (unpaired) electrons. The minimum Gasteiger partial charge on any atom is -0.261 e. The molecule has 1 fully saturated rings. The van der Waals surface area contributed by atoms with Crippen LogP contribution in [0, 0.1) is 16.0 Å². The third-order valence-electron chi connectivity index (χ3n) is 6.53. The van der Waals surface area contributed by atoms with Gasteiger partial charge in [-0.1, -0.05) is 73.9 Å². The summed E-state index contributed by atoms with van der Waals surface area (Å²) in [5, 5.41) is 18.0. The number of nitrogens with zero attached hydrogens (tertiary/aromatic N) is 4. The first-order valence-electron chi connectivity index (χ1n) is 11.7. The van der Waals surface area contributed by atoms with Gasteiger partial charge in [-0.2, -0.15) is 5.10 Å². The number of carbonyl (C=O) groups excluding carboxylic acids is 1. The number of nitro benzene ring substituents is 1. The van der Waals surface area contributed by atoms with Gasteiger partial charge in [-0.05, 0) is 30.5 Å². The van der Waals surface area contributed by atoms with E-state index in [1.165, 1.54) is 23.6 Å². The van der Waals surface area contributed by atoms with Gasteiger partial charge in [0.05, 0.1) is 28.6 Å². The lowest BCUT2D eigenvalue weighted by molar-refractivity contribution is -0.384. The van der Waals surface area contributed by atoms with E-state index in [1.807, 2.05) is 54.6 Å². The fraction of sp³-hybridized carbons (Fsp3) is 0.259. The first kappa shape index (κ1) is 21.8. The molecule has 0 spiro atoms. The summed E-state index contributed by atoms with van der Waals surface area (Å²) in [5.74, 6) is 0.269. The molecule has 5 rings (SSSR count). The van der Waals surface area contributed by atoms with Crippen molar-refractivity contribution in [2.45, 2.75) is 38.6 Å². The van der Waals surface area contributed by atoms with Gasteiger partial charge >= 0.3 is 6.03 Å². The van der Waals surface area contributed by atoms with E-state index in [1.54, 1.807) is 17.0 Å². The molecule has 3 aromatic rings. The van der Waals surface area contributed by atoms with E-state index in [0.717, 1.165) is 42.5 Å². The predicted octanol–water partition coefficient (Wildman–Crippen LogP) is 6.65. The molecule has 3 aromatic carbocycles. The third kappa shape index (κ3) is 4.29. The van der Waals surface area contributed by atoms with E-state index < -0.39 is 4.92 Å². The smallest absolute Gasteiger partial charge is 0.261 e. The fourth-order valence-electron chi connectivity index (χ4n) is 4.86. The largest absolute Gasteiger partial charge is 0.349 e. The molecular weight excluding hydrogens is 428 g/mol. The van der Waals surface area contributed by atoms with E-state index in [9.17, 15) is 14.9 Å². The first-order chi connectivity index (χ1) is 16.6. The standard InChI is InChI=1S/C27H26N4O3/c32-27-29(19-20-10-3-1-4-11-20)28-26(21-12-5-2-6-13-21)24-16-7-8-17-25(24)30(27)22-14-9-15-23(18-22)31(33)34/h1,3-4,7-11,14-18,21H,2,5-6,12-13,19H2. The van der Waals surface area contributed by atoms with Crippen LogP contribution < -0.4 is 4.90 Å². The van der Waals surface area contributed by atoms with Gasteiger partial charge in [0.25, 0.3) is 5.69 Å². The fourth-order valence-corrected chi connectivity index (χ4v) is 4.86. The molecule has 2 aliphatic rings. The van der Waals surface area contributed by atoms with Crippen LogP contribution in [0.15, 0.2) is 84.0 Å². The molecule has 7 heteroatoms. The Morgan fingerprint density at radius 1 is 0.912 bits per heavy atom. The number of carbonyl (C=O) groups is 1. The maximum Gasteiger partial charge on any atom is 0.349 e.